The molecule has 8 heteroatoms. The summed E-state index contributed by atoms with van der Waals surface area (Å²) in [5.74, 6) is 2.03. The van der Waals surface area contributed by atoms with E-state index in [1.807, 2.05) is 0 Å². The lowest BCUT2D eigenvalue weighted by molar-refractivity contribution is 0.0923. The predicted molar refractivity (Wildman–Crippen MR) is 113 cm³/mol. The van der Waals surface area contributed by atoms with E-state index in [2.05, 4.69) is 10.0 Å². The van der Waals surface area contributed by atoms with E-state index >= 15 is 0 Å². The smallest absolute Gasteiger partial charge is 0.262 e. The molecule has 0 unspecified atom stereocenters. The molecule has 2 aliphatic carbocycles. The third-order valence-corrected chi connectivity index (χ3v) is 7.50. The summed E-state index contributed by atoms with van der Waals surface area (Å²) in [7, 11) is -0.883. The van der Waals surface area contributed by atoms with E-state index in [9.17, 15) is 13.2 Å². The number of hydrogen-bond donors (Lipinski definition) is 2. The van der Waals surface area contributed by atoms with Crippen LogP contribution in [-0.2, 0) is 10.0 Å². The quantitative estimate of drug-likeness (QED) is 0.702. The van der Waals surface area contributed by atoms with E-state index in [1.54, 1.807) is 24.3 Å². The van der Waals surface area contributed by atoms with Gasteiger partial charge in [0.15, 0.2) is 11.5 Å². The van der Waals surface area contributed by atoms with Crippen LogP contribution < -0.4 is 19.5 Å². The Hall–Kier alpha value is -2.74. The highest BCUT2D eigenvalue weighted by atomic mass is 32.2. The Morgan fingerprint density at radius 2 is 1.70 bits per heavy atom. The monoisotopic (exact) mass is 430 g/mol. The van der Waals surface area contributed by atoms with Crippen molar-refractivity contribution in [2.24, 2.45) is 11.8 Å². The summed E-state index contributed by atoms with van der Waals surface area (Å²) in [5, 5.41) is 3.14. The maximum atomic E-state index is 12.7. The van der Waals surface area contributed by atoms with Gasteiger partial charge in [0.25, 0.3) is 15.9 Å². The van der Waals surface area contributed by atoms with E-state index in [4.69, 9.17) is 9.47 Å². The summed E-state index contributed by atoms with van der Waals surface area (Å²) in [6, 6.07) is 11.1. The van der Waals surface area contributed by atoms with Crippen molar-refractivity contribution < 1.29 is 22.7 Å². The van der Waals surface area contributed by atoms with E-state index in [0.29, 0.717) is 28.7 Å². The molecule has 3 atom stereocenters. The molecule has 0 saturated heterocycles. The van der Waals surface area contributed by atoms with E-state index in [0.717, 1.165) is 12.3 Å². The number of ether oxygens (including phenoxy) is 2. The number of amides is 1. The first kappa shape index (κ1) is 20.5. The summed E-state index contributed by atoms with van der Waals surface area (Å²) in [6.45, 7) is 0. The van der Waals surface area contributed by atoms with Crippen LogP contribution in [0.2, 0.25) is 0 Å². The molecule has 2 aliphatic rings. The number of benzene rings is 2. The van der Waals surface area contributed by atoms with Gasteiger partial charge in [-0.3, -0.25) is 9.52 Å². The highest BCUT2D eigenvalue weighted by molar-refractivity contribution is 7.92. The lowest BCUT2D eigenvalue weighted by atomic mass is 9.95. The van der Waals surface area contributed by atoms with Crippen molar-refractivity contribution in [1.29, 1.82) is 0 Å². The van der Waals surface area contributed by atoms with Gasteiger partial charge in [0.2, 0.25) is 0 Å². The molecule has 1 amide bonds. The van der Waals surface area contributed by atoms with E-state index in [1.165, 1.54) is 51.7 Å². The minimum absolute atomic E-state index is 0.0539. The molecule has 2 aromatic carbocycles. The number of fused-ring (bicyclic) bond motifs is 2. The van der Waals surface area contributed by atoms with Gasteiger partial charge in [-0.05, 0) is 67.5 Å². The standard InChI is InChI=1S/C22H26N2O5S/c1-28-20-10-9-18(13-21(20)29-2)30(26,27)24-17-7-5-15(6-8-17)22(25)23-19-12-14-3-4-16(19)11-14/h5-10,13-14,16,19,24H,3-4,11-12H2,1-2H3,(H,23,25)/t14-,16-,19+/m1/s1. The molecular weight excluding hydrogens is 404 g/mol. The Labute approximate surface area is 176 Å². The Bertz CT molecular complexity index is 1040. The number of rotatable bonds is 7. The van der Waals surface area contributed by atoms with Crippen LogP contribution in [0, 0.1) is 11.8 Å². The van der Waals surface area contributed by atoms with Crippen LogP contribution in [0.1, 0.15) is 36.0 Å². The summed E-state index contributed by atoms with van der Waals surface area (Å²) in [4.78, 5) is 12.6. The normalized spacial score (nSPS) is 22.5. The SMILES string of the molecule is COc1ccc(S(=O)(=O)Nc2ccc(C(=O)N[C@H]3C[C@@H]4CC[C@@H]3C4)cc2)cc1OC. The number of hydrogen-bond acceptors (Lipinski definition) is 5. The Kier molecular flexibility index (Phi) is 5.60. The van der Waals surface area contributed by atoms with Gasteiger partial charge in [-0.2, -0.15) is 0 Å². The molecule has 30 heavy (non-hydrogen) atoms. The molecule has 0 heterocycles. The molecule has 2 saturated carbocycles. The second-order valence-corrected chi connectivity index (χ2v) is 9.64. The number of carbonyl (C=O) groups excluding carboxylic acids is 1. The van der Waals surface area contributed by atoms with Gasteiger partial charge >= 0.3 is 0 Å². The maximum absolute atomic E-state index is 12.7. The van der Waals surface area contributed by atoms with Gasteiger partial charge in [0.05, 0.1) is 19.1 Å². The first-order chi connectivity index (χ1) is 14.4. The lowest BCUT2D eigenvalue weighted by Crippen LogP contribution is -2.38. The van der Waals surface area contributed by atoms with Crippen LogP contribution in [0.25, 0.3) is 0 Å². The Morgan fingerprint density at radius 3 is 2.30 bits per heavy atom. The highest BCUT2D eigenvalue weighted by Gasteiger charge is 2.40. The molecule has 2 fully saturated rings. The van der Waals surface area contributed by atoms with Crippen LogP contribution in [-0.4, -0.2) is 34.6 Å². The number of anilines is 1. The number of sulfonamides is 1. The Balaban J connectivity index is 1.43. The van der Waals surface area contributed by atoms with Crippen LogP contribution in [0.4, 0.5) is 5.69 Å². The molecule has 2 aromatic rings. The molecule has 2 N–H and O–H groups in total. The van der Waals surface area contributed by atoms with E-state index in [-0.39, 0.29) is 16.8 Å². The molecule has 4 rings (SSSR count). The Morgan fingerprint density at radius 1 is 0.967 bits per heavy atom. The number of nitrogens with one attached hydrogen (secondary N) is 2. The van der Waals surface area contributed by atoms with Crippen LogP contribution in [0.15, 0.2) is 47.4 Å². The van der Waals surface area contributed by atoms with Gasteiger partial charge in [0.1, 0.15) is 0 Å². The number of methoxy groups -OCH3 is 2. The topological polar surface area (TPSA) is 93.7 Å². The second-order valence-electron chi connectivity index (χ2n) is 7.95. The van der Waals surface area contributed by atoms with Crippen molar-refractivity contribution in [1.82, 2.24) is 5.32 Å². The highest BCUT2D eigenvalue weighted by Crippen LogP contribution is 2.44. The maximum Gasteiger partial charge on any atom is 0.262 e. The molecule has 0 aromatic heterocycles. The fourth-order valence-corrected chi connectivity index (χ4v) is 5.63. The molecule has 2 bridgehead atoms. The summed E-state index contributed by atoms with van der Waals surface area (Å²) in [5.41, 5.74) is 0.896. The van der Waals surface area contributed by atoms with Crippen molar-refractivity contribution in [3.8, 4) is 11.5 Å². The lowest BCUT2D eigenvalue weighted by Gasteiger charge is -2.22. The summed E-state index contributed by atoms with van der Waals surface area (Å²) in [6.07, 6.45) is 4.78. The minimum Gasteiger partial charge on any atom is -0.493 e. The summed E-state index contributed by atoms with van der Waals surface area (Å²) >= 11 is 0. The number of carbonyl (C=O) groups is 1. The molecule has 7 nitrogen and oxygen atoms in total. The molecular formula is C22H26N2O5S. The van der Waals surface area contributed by atoms with Crippen molar-refractivity contribution >= 4 is 21.6 Å². The first-order valence-electron chi connectivity index (χ1n) is 10.1. The van der Waals surface area contributed by atoms with E-state index < -0.39 is 10.0 Å². The fraction of sp³-hybridized carbons (Fsp3) is 0.409. The molecule has 160 valence electrons. The van der Waals surface area contributed by atoms with Gasteiger partial charge in [-0.15, -0.1) is 0 Å². The largest absolute Gasteiger partial charge is 0.493 e. The van der Waals surface area contributed by atoms with Crippen LogP contribution in [0.5, 0.6) is 11.5 Å². The van der Waals surface area contributed by atoms with Crippen LogP contribution >= 0.6 is 0 Å². The van der Waals surface area contributed by atoms with Crippen molar-refractivity contribution in [3.63, 3.8) is 0 Å². The minimum atomic E-state index is -3.81. The zero-order chi connectivity index (χ0) is 21.3. The van der Waals surface area contributed by atoms with Crippen LogP contribution in [0.3, 0.4) is 0 Å². The zero-order valence-electron chi connectivity index (χ0n) is 17.1. The second kappa shape index (κ2) is 8.18. The fourth-order valence-electron chi connectivity index (χ4n) is 4.56. The van der Waals surface area contributed by atoms with Crippen molar-refractivity contribution in [3.05, 3.63) is 48.0 Å². The average Bonchev–Trinajstić information content (AvgIpc) is 3.36. The summed E-state index contributed by atoms with van der Waals surface area (Å²) < 4.78 is 38.3. The van der Waals surface area contributed by atoms with Gasteiger partial charge < -0.3 is 14.8 Å². The predicted octanol–water partition coefficient (Wildman–Crippen LogP) is 3.42. The van der Waals surface area contributed by atoms with Crippen molar-refractivity contribution in [2.45, 2.75) is 36.6 Å². The molecule has 0 aliphatic heterocycles. The first-order valence-corrected chi connectivity index (χ1v) is 11.5. The average molecular weight is 431 g/mol. The van der Waals surface area contributed by atoms with Crippen molar-refractivity contribution in [2.75, 3.05) is 18.9 Å². The van der Waals surface area contributed by atoms with Gasteiger partial charge in [-0.1, -0.05) is 6.42 Å². The van der Waals surface area contributed by atoms with Gasteiger partial charge in [-0.25, -0.2) is 8.42 Å². The third-order valence-electron chi connectivity index (χ3n) is 6.12. The molecule has 0 spiro atoms. The third kappa shape index (κ3) is 4.09. The van der Waals surface area contributed by atoms with Gasteiger partial charge in [0, 0.05) is 23.4 Å². The zero-order valence-corrected chi connectivity index (χ0v) is 17.9. The molecule has 0 radical (unpaired) electrons.